The quantitative estimate of drug-likeness (QED) is 0.0460. The van der Waals surface area contributed by atoms with Crippen molar-refractivity contribution in [1.29, 1.82) is 0 Å². The number of phenolic OH excluding ortho intramolecular Hbond substituents is 1. The van der Waals surface area contributed by atoms with Gasteiger partial charge in [-0.1, -0.05) is 26.0 Å². The number of hydrogen-bond acceptors (Lipinski definition) is 15. The van der Waals surface area contributed by atoms with Crippen LogP contribution in [0.1, 0.15) is 70.8 Å². The van der Waals surface area contributed by atoms with Crippen LogP contribution in [0.15, 0.2) is 24.3 Å². The summed E-state index contributed by atoms with van der Waals surface area (Å²) in [5.41, 5.74) is 14.4. The molecule has 358 valence electrons. The number of nitrogens with two attached hydrogens (primary N) is 2. The number of amides is 9. The Hall–Kier alpha value is -6.89. The predicted molar refractivity (Wildman–Crippen MR) is 216 cm³/mol. The van der Waals surface area contributed by atoms with Gasteiger partial charge in [-0.25, -0.2) is 0 Å². The van der Waals surface area contributed by atoms with Crippen LogP contribution in [0.2, 0.25) is 0 Å². The summed E-state index contributed by atoms with van der Waals surface area (Å²) < 4.78 is 0. The zero-order valence-electron chi connectivity index (χ0n) is 35.9. The number of carboxylic acids is 2. The summed E-state index contributed by atoms with van der Waals surface area (Å²) in [7, 11) is 0. The van der Waals surface area contributed by atoms with Crippen molar-refractivity contribution in [3.63, 3.8) is 0 Å². The van der Waals surface area contributed by atoms with Gasteiger partial charge in [0.25, 0.3) is 5.91 Å². The Morgan fingerprint density at radius 3 is 1.72 bits per heavy atom. The first-order chi connectivity index (χ1) is 30.5. The van der Waals surface area contributed by atoms with E-state index in [1.54, 1.807) is 13.8 Å². The highest BCUT2D eigenvalue weighted by atomic mass is 16.4. The standard InChI is InChI=1S/C40H58N10O15/c1-19(2)32(48-33(57)22(41)11-12-29(42)53)39(63)50-14-4-6-28(50)37(61)47-26(18-51)35(59)45-24(17-31(55)56)38(62)49-13-3-5-27(49)36(60)44-23(15-20-7-9-21(52)10-8-20)34(58)46-25(40(64)65)16-30(43)54/h7-10,19,22-28,32,51-52H,3-6,11-18,41H2,1-2H3,(H2,42,53)(H2,43,54)(H,44,60)(H,45,59)(H,46,58)(H,47,61)(H,48,57)(H,55,56)(H,64,65)/p-1/t22-,23-,24-,25-,26-,27-,28-,32-/m0/s1. The number of benzene rings is 1. The Morgan fingerprint density at radius 2 is 1.23 bits per heavy atom. The number of aromatic hydroxyl groups is 1. The zero-order chi connectivity index (χ0) is 48.7. The number of hydrogen-bond donors (Lipinski definition) is 10. The van der Waals surface area contributed by atoms with Gasteiger partial charge in [0.15, 0.2) is 6.04 Å². The molecule has 2 saturated heterocycles. The van der Waals surface area contributed by atoms with Gasteiger partial charge < -0.3 is 83.6 Å². The highest BCUT2D eigenvalue weighted by molar-refractivity contribution is 5.99. The smallest absolute Gasteiger partial charge is 0.278 e. The minimum atomic E-state index is -1.92. The fourth-order valence-electron chi connectivity index (χ4n) is 7.33. The summed E-state index contributed by atoms with van der Waals surface area (Å²) in [6.45, 7) is 2.22. The monoisotopic (exact) mass is 917 g/mol. The first-order valence-corrected chi connectivity index (χ1v) is 20.9. The Kier molecular flexibility index (Phi) is 19.6. The second-order valence-electron chi connectivity index (χ2n) is 16.2. The van der Waals surface area contributed by atoms with Crippen LogP contribution in [0.5, 0.6) is 5.75 Å². The number of rotatable bonds is 24. The molecule has 3 rings (SSSR count). The van der Waals surface area contributed by atoms with Gasteiger partial charge in [-0.15, -0.1) is 0 Å². The number of carboxylic acid groups (broad SMARTS) is 2. The maximum absolute atomic E-state index is 13.9. The lowest BCUT2D eigenvalue weighted by Crippen LogP contribution is -2.69. The first-order valence-electron chi connectivity index (χ1n) is 20.9. The summed E-state index contributed by atoms with van der Waals surface area (Å²) in [5.74, 6) is -12.4. The molecule has 0 unspecified atom stereocenters. The van der Waals surface area contributed by atoms with Gasteiger partial charge in [-0.2, -0.15) is 0 Å². The average molecular weight is 918 g/mol. The van der Waals surface area contributed by atoms with Crippen molar-refractivity contribution in [3.8, 4) is 5.75 Å². The molecule has 1 aromatic rings. The van der Waals surface area contributed by atoms with E-state index >= 15 is 0 Å². The molecule has 25 nitrogen and oxygen atoms in total. The Bertz CT molecular complexity index is 1970. The number of aliphatic carboxylic acids is 2. The summed E-state index contributed by atoms with van der Waals surface area (Å²) in [6.07, 6.45) is -1.69. The van der Waals surface area contributed by atoms with E-state index in [0.29, 0.717) is 12.0 Å². The largest absolute Gasteiger partial charge is 0.550 e. The summed E-state index contributed by atoms with van der Waals surface area (Å²) >= 11 is 0. The molecule has 2 aliphatic heterocycles. The number of aliphatic hydroxyl groups is 1. The molecule has 9 amide bonds. The van der Waals surface area contributed by atoms with Gasteiger partial charge in [-0.05, 0) is 49.3 Å². The maximum Gasteiger partial charge on any atom is 0.278 e. The lowest BCUT2D eigenvalue weighted by molar-refractivity contribution is -0.405. The number of primary amides is 2. The van der Waals surface area contributed by atoms with E-state index in [1.165, 1.54) is 29.2 Å². The third-order valence-corrected chi connectivity index (χ3v) is 10.8. The Balaban J connectivity index is 1.76. The van der Waals surface area contributed by atoms with Crippen LogP contribution in [-0.4, -0.2) is 153 Å². The van der Waals surface area contributed by atoms with Crippen LogP contribution in [-0.2, 0) is 59.2 Å². The third kappa shape index (κ3) is 15.4. The lowest BCUT2D eigenvalue weighted by Gasteiger charge is -2.32. The number of quaternary nitrogens is 1. The van der Waals surface area contributed by atoms with E-state index < -0.39 is 139 Å². The fourth-order valence-corrected chi connectivity index (χ4v) is 7.33. The zero-order valence-corrected chi connectivity index (χ0v) is 35.9. The van der Waals surface area contributed by atoms with Crippen LogP contribution in [0.25, 0.3) is 0 Å². The number of carbonyl (C=O) groups excluding carboxylic acids is 11. The Morgan fingerprint density at radius 1 is 0.708 bits per heavy atom. The van der Waals surface area contributed by atoms with E-state index in [1.807, 2.05) is 0 Å². The van der Waals surface area contributed by atoms with E-state index in [9.17, 15) is 73.2 Å². The van der Waals surface area contributed by atoms with Crippen molar-refractivity contribution in [2.24, 2.45) is 17.4 Å². The van der Waals surface area contributed by atoms with Crippen molar-refractivity contribution in [1.82, 2.24) is 36.4 Å². The minimum Gasteiger partial charge on any atom is -0.550 e. The molecule has 0 spiro atoms. The summed E-state index contributed by atoms with van der Waals surface area (Å²) in [4.78, 5) is 143. The lowest BCUT2D eigenvalue weighted by atomic mass is 10.0. The van der Waals surface area contributed by atoms with E-state index in [0.717, 1.165) is 4.90 Å². The highest BCUT2D eigenvalue weighted by Gasteiger charge is 2.42. The molecule has 1 aromatic carbocycles. The van der Waals surface area contributed by atoms with Crippen molar-refractivity contribution in [2.75, 3.05) is 19.7 Å². The molecular formula is C40H57N10O15-. The van der Waals surface area contributed by atoms with Gasteiger partial charge in [-0.3, -0.25) is 43.2 Å². The highest BCUT2D eigenvalue weighted by Crippen LogP contribution is 2.22. The molecule has 14 N–H and O–H groups in total. The molecule has 0 aliphatic carbocycles. The molecule has 0 bridgehead atoms. The molecule has 2 heterocycles. The SMILES string of the molecule is CC(C)[C@H](NC(=O)[C@@H]([NH3+])CCC(N)=O)C(=O)N1CCC[C@H]1C(=O)N[C@@H](CO)C(=O)N[C@@H](CC(=O)[O-])C(=O)N1CCC[C@H]1C(=O)N[C@@H](Cc1ccc(O)cc1)C(=O)N[C@@H](CC(N)=O)C(=O)[O-]. The fraction of sp³-hybridized carbons (Fsp3) is 0.575. The minimum absolute atomic E-state index is 0.0149. The summed E-state index contributed by atoms with van der Waals surface area (Å²) in [6, 6.07) is -6.31. The third-order valence-electron chi connectivity index (χ3n) is 10.8. The second-order valence-corrected chi connectivity index (χ2v) is 16.2. The molecular weight excluding hydrogens is 860 g/mol. The van der Waals surface area contributed by atoms with Gasteiger partial charge >= 0.3 is 0 Å². The molecule has 65 heavy (non-hydrogen) atoms. The van der Waals surface area contributed by atoms with Crippen LogP contribution < -0.4 is 54.0 Å². The maximum atomic E-state index is 13.9. The number of aliphatic hydroxyl groups excluding tert-OH is 1. The topological polar surface area (TPSA) is 421 Å². The molecule has 0 radical (unpaired) electrons. The van der Waals surface area contributed by atoms with Crippen molar-refractivity contribution in [3.05, 3.63) is 29.8 Å². The van der Waals surface area contributed by atoms with Gasteiger partial charge in [0.2, 0.25) is 47.3 Å². The van der Waals surface area contributed by atoms with Gasteiger partial charge in [0.1, 0.15) is 42.0 Å². The molecule has 0 saturated carbocycles. The first kappa shape index (κ1) is 52.5. The van der Waals surface area contributed by atoms with Gasteiger partial charge in [0.05, 0.1) is 25.0 Å². The van der Waals surface area contributed by atoms with Crippen LogP contribution in [0, 0.1) is 5.92 Å². The van der Waals surface area contributed by atoms with Crippen molar-refractivity contribution < 1.29 is 78.9 Å². The summed E-state index contributed by atoms with van der Waals surface area (Å²) in [5, 5.41) is 55.0. The number of carbonyl (C=O) groups is 11. The van der Waals surface area contributed by atoms with Crippen LogP contribution in [0.4, 0.5) is 0 Å². The number of phenols is 1. The average Bonchev–Trinajstić information content (AvgIpc) is 3.94. The van der Waals surface area contributed by atoms with Crippen molar-refractivity contribution >= 4 is 65.1 Å². The van der Waals surface area contributed by atoms with E-state index in [-0.39, 0.29) is 57.4 Å². The molecule has 0 aromatic heterocycles. The predicted octanol–water partition coefficient (Wildman–Crippen LogP) is -8.37. The van der Waals surface area contributed by atoms with Crippen LogP contribution >= 0.6 is 0 Å². The Labute approximate surface area is 372 Å². The molecule has 2 aliphatic rings. The number of nitrogens with one attached hydrogen (secondary N) is 5. The number of nitrogens with zero attached hydrogens (tertiary/aromatic N) is 2. The molecule has 8 atom stereocenters. The van der Waals surface area contributed by atoms with Gasteiger partial charge in [0, 0.05) is 44.7 Å². The van der Waals surface area contributed by atoms with Crippen molar-refractivity contribution in [2.45, 2.75) is 120 Å². The molecule has 2 fully saturated rings. The molecule has 25 heteroatoms. The van der Waals surface area contributed by atoms with E-state index in [2.05, 4.69) is 32.3 Å². The second kappa shape index (κ2) is 24.2. The van der Waals surface area contributed by atoms with Crippen LogP contribution in [0.3, 0.4) is 0 Å². The normalized spacial score (nSPS) is 18.5. The number of likely N-dealkylation sites (tertiary alicyclic amines) is 2. The van der Waals surface area contributed by atoms with E-state index in [4.69, 9.17) is 11.5 Å².